The van der Waals surface area contributed by atoms with E-state index in [0.717, 1.165) is 5.69 Å². The molecule has 0 saturated carbocycles. The number of thioether (sulfide) groups is 1. The van der Waals surface area contributed by atoms with E-state index in [4.69, 9.17) is 0 Å². The molecular weight excluding hydrogens is 611 g/mol. The van der Waals surface area contributed by atoms with E-state index in [1.54, 1.807) is 0 Å². The summed E-state index contributed by atoms with van der Waals surface area (Å²) in [6.45, 7) is 4.73. The Bertz CT molecular complexity index is 2520. The maximum Gasteiger partial charge on any atom is 0.0464 e. The van der Waals surface area contributed by atoms with Crippen LogP contribution in [0.1, 0.15) is 36.5 Å². The van der Waals surface area contributed by atoms with E-state index in [9.17, 15) is 0 Å². The van der Waals surface area contributed by atoms with Crippen molar-refractivity contribution in [3.05, 3.63) is 186 Å². The summed E-state index contributed by atoms with van der Waals surface area (Å²) in [5.74, 6) is 0.374. The maximum atomic E-state index is 2.51. The van der Waals surface area contributed by atoms with Crippen molar-refractivity contribution in [2.45, 2.75) is 35.3 Å². The number of hydrogen-bond donors (Lipinski definition) is 0. The molecule has 2 heteroatoms. The third-order valence-electron chi connectivity index (χ3n) is 11.0. The molecule has 0 aromatic heterocycles. The Morgan fingerprint density at radius 3 is 2.14 bits per heavy atom. The Labute approximate surface area is 292 Å². The van der Waals surface area contributed by atoms with Gasteiger partial charge in [0.25, 0.3) is 0 Å². The highest BCUT2D eigenvalue weighted by Crippen LogP contribution is 2.53. The molecule has 10 rings (SSSR count). The van der Waals surface area contributed by atoms with E-state index in [-0.39, 0.29) is 5.41 Å². The number of nitrogens with zero attached hydrogens (tertiary/aromatic N) is 1. The van der Waals surface area contributed by atoms with Gasteiger partial charge in [-0.2, -0.15) is 0 Å². The van der Waals surface area contributed by atoms with Gasteiger partial charge >= 0.3 is 0 Å². The van der Waals surface area contributed by atoms with E-state index in [1.807, 2.05) is 11.8 Å². The van der Waals surface area contributed by atoms with E-state index >= 15 is 0 Å². The van der Waals surface area contributed by atoms with Crippen molar-refractivity contribution in [3.63, 3.8) is 0 Å². The van der Waals surface area contributed by atoms with Crippen LogP contribution in [0.5, 0.6) is 0 Å². The molecule has 2 atom stereocenters. The molecule has 0 fully saturated rings. The van der Waals surface area contributed by atoms with Crippen LogP contribution in [-0.2, 0) is 5.41 Å². The number of allylic oxidation sites excluding steroid dienone is 2. The Hall–Kier alpha value is -5.31. The predicted octanol–water partition coefficient (Wildman–Crippen LogP) is 12.8. The molecule has 0 spiro atoms. The van der Waals surface area contributed by atoms with Gasteiger partial charge in [0.1, 0.15) is 0 Å². The summed E-state index contributed by atoms with van der Waals surface area (Å²) in [5, 5.41) is 5.56. The minimum atomic E-state index is -0.0700. The molecule has 7 aromatic rings. The Balaban J connectivity index is 1.08. The van der Waals surface area contributed by atoms with Crippen molar-refractivity contribution in [3.8, 4) is 22.3 Å². The first-order valence-electron chi connectivity index (χ1n) is 17.3. The second-order valence-corrected chi connectivity index (χ2v) is 15.3. The van der Waals surface area contributed by atoms with Crippen LogP contribution >= 0.6 is 11.8 Å². The minimum Gasteiger partial charge on any atom is -0.311 e. The van der Waals surface area contributed by atoms with Crippen molar-refractivity contribution in [1.82, 2.24) is 0 Å². The summed E-state index contributed by atoms with van der Waals surface area (Å²) >= 11 is 2.02. The Kier molecular flexibility index (Phi) is 6.35. The van der Waals surface area contributed by atoms with Crippen molar-refractivity contribution >= 4 is 44.7 Å². The molecule has 2 aliphatic carbocycles. The van der Waals surface area contributed by atoms with Crippen molar-refractivity contribution in [1.29, 1.82) is 0 Å². The minimum absolute atomic E-state index is 0.0700. The summed E-state index contributed by atoms with van der Waals surface area (Å²) in [6.07, 6.45) is 7.31. The molecule has 1 nitrogen and oxygen atoms in total. The summed E-state index contributed by atoms with van der Waals surface area (Å²) in [6, 6.07) is 54.0. The predicted molar refractivity (Wildman–Crippen MR) is 209 cm³/mol. The van der Waals surface area contributed by atoms with Crippen LogP contribution in [0.4, 0.5) is 11.4 Å². The van der Waals surface area contributed by atoms with Crippen molar-refractivity contribution in [2.24, 2.45) is 0 Å². The maximum absolute atomic E-state index is 2.51. The largest absolute Gasteiger partial charge is 0.311 e. The van der Waals surface area contributed by atoms with Gasteiger partial charge in [-0.3, -0.25) is 0 Å². The van der Waals surface area contributed by atoms with Gasteiger partial charge in [0.2, 0.25) is 0 Å². The highest BCUT2D eigenvalue weighted by atomic mass is 32.2. The lowest BCUT2D eigenvalue weighted by atomic mass is 9.82. The van der Waals surface area contributed by atoms with Gasteiger partial charge in [0.05, 0.1) is 0 Å². The SMILES string of the molecule is CC1(C)c2ccccc2-c2ccc(N(C3=CC4Sc5c(ccc6ccccc56)C4C=C3)c3ccc(-c4ccc5ccccc5c4)cc3)cc21. The number of rotatable bonds is 4. The van der Waals surface area contributed by atoms with Crippen LogP contribution in [0.25, 0.3) is 43.8 Å². The fourth-order valence-electron chi connectivity index (χ4n) is 8.42. The van der Waals surface area contributed by atoms with Gasteiger partial charge in [0, 0.05) is 38.6 Å². The second kappa shape index (κ2) is 10.9. The van der Waals surface area contributed by atoms with Gasteiger partial charge in [0.15, 0.2) is 0 Å². The molecule has 0 N–H and O–H groups in total. The molecular formula is C47H35NS. The average Bonchev–Trinajstić information content (AvgIpc) is 3.64. The molecule has 2 unspecified atom stereocenters. The van der Waals surface area contributed by atoms with Gasteiger partial charge in [-0.1, -0.05) is 135 Å². The summed E-state index contributed by atoms with van der Waals surface area (Å²) in [5.41, 5.74) is 12.9. The average molecular weight is 646 g/mol. The standard InChI is InChI=1S/C47H35NS/c1-47(2)43-14-8-7-13-39(43)40-25-22-36(28-44(40)47)48(35-20-17-31(18-21-35)34-16-15-30-9-3-4-11-33(30)27-34)37-23-26-41-42-24-19-32-10-5-6-12-38(32)46(42)49-45(41)29-37/h3-29,41,45H,1-2H3. The van der Waals surface area contributed by atoms with Crippen LogP contribution in [0.2, 0.25) is 0 Å². The number of benzene rings is 7. The first kappa shape index (κ1) is 28.7. The van der Waals surface area contributed by atoms with E-state index < -0.39 is 0 Å². The van der Waals surface area contributed by atoms with Crippen LogP contribution in [0, 0.1) is 0 Å². The molecule has 0 bridgehead atoms. The van der Waals surface area contributed by atoms with E-state index in [1.165, 1.54) is 76.8 Å². The molecule has 1 heterocycles. The molecule has 1 aliphatic heterocycles. The summed E-state index contributed by atoms with van der Waals surface area (Å²) < 4.78 is 0. The molecule has 0 radical (unpaired) electrons. The van der Waals surface area contributed by atoms with Crippen LogP contribution in [0.3, 0.4) is 0 Å². The lowest BCUT2D eigenvalue weighted by molar-refractivity contribution is 0.660. The number of fused-ring (bicyclic) bond motifs is 9. The second-order valence-electron chi connectivity index (χ2n) is 14.1. The normalized spacial score (nSPS) is 18.1. The van der Waals surface area contributed by atoms with E-state index in [0.29, 0.717) is 11.2 Å². The number of hydrogen-bond acceptors (Lipinski definition) is 2. The lowest BCUT2D eigenvalue weighted by Gasteiger charge is -2.31. The topological polar surface area (TPSA) is 3.24 Å². The highest BCUT2D eigenvalue weighted by molar-refractivity contribution is 8.00. The van der Waals surface area contributed by atoms with Crippen LogP contribution < -0.4 is 4.90 Å². The lowest BCUT2D eigenvalue weighted by Crippen LogP contribution is -2.21. The van der Waals surface area contributed by atoms with Crippen LogP contribution in [-0.4, -0.2) is 5.25 Å². The molecule has 7 aromatic carbocycles. The molecule has 3 aliphatic rings. The monoisotopic (exact) mass is 645 g/mol. The van der Waals surface area contributed by atoms with Gasteiger partial charge in [-0.25, -0.2) is 0 Å². The van der Waals surface area contributed by atoms with Crippen molar-refractivity contribution in [2.75, 3.05) is 4.90 Å². The summed E-state index contributed by atoms with van der Waals surface area (Å²) in [7, 11) is 0. The third-order valence-corrected chi connectivity index (χ3v) is 12.4. The zero-order valence-corrected chi connectivity index (χ0v) is 28.4. The van der Waals surface area contributed by atoms with Gasteiger partial charge in [-0.05, 0) is 103 Å². The molecule has 49 heavy (non-hydrogen) atoms. The first-order valence-corrected chi connectivity index (χ1v) is 18.1. The smallest absolute Gasteiger partial charge is 0.0464 e. The third kappa shape index (κ3) is 4.47. The van der Waals surface area contributed by atoms with Gasteiger partial charge < -0.3 is 4.90 Å². The quantitative estimate of drug-likeness (QED) is 0.187. The van der Waals surface area contributed by atoms with Crippen molar-refractivity contribution < 1.29 is 0 Å². The molecule has 0 saturated heterocycles. The molecule has 234 valence electrons. The fraction of sp³-hybridized carbons (Fsp3) is 0.106. The van der Waals surface area contributed by atoms with E-state index in [2.05, 4.69) is 183 Å². The Morgan fingerprint density at radius 2 is 1.27 bits per heavy atom. The fourth-order valence-corrected chi connectivity index (χ4v) is 9.93. The zero-order valence-electron chi connectivity index (χ0n) is 27.6. The highest BCUT2D eigenvalue weighted by Gasteiger charge is 2.37. The Morgan fingerprint density at radius 1 is 0.571 bits per heavy atom. The molecule has 0 amide bonds. The first-order chi connectivity index (χ1) is 24.0. The van der Waals surface area contributed by atoms with Crippen LogP contribution in [0.15, 0.2) is 174 Å². The number of anilines is 2. The zero-order chi connectivity index (χ0) is 32.7. The van der Waals surface area contributed by atoms with Gasteiger partial charge in [-0.15, -0.1) is 11.8 Å². The summed E-state index contributed by atoms with van der Waals surface area (Å²) in [4.78, 5) is 3.90.